The average molecular weight is 364 g/mol. The summed E-state index contributed by atoms with van der Waals surface area (Å²) in [7, 11) is 0. The van der Waals surface area contributed by atoms with Crippen LogP contribution in [0.3, 0.4) is 0 Å². The smallest absolute Gasteiger partial charge is 0.0518 e. The van der Waals surface area contributed by atoms with Crippen molar-refractivity contribution in [2.75, 3.05) is 19.8 Å². The highest BCUT2D eigenvalue weighted by Crippen LogP contribution is 2.12. The van der Waals surface area contributed by atoms with Gasteiger partial charge in [0, 0.05) is 32.2 Å². The number of nitrogens with zero attached hydrogens (tertiary/aromatic N) is 1. The molecule has 150 valence electrons. The Labute approximate surface area is 161 Å². The molecule has 1 heterocycles. The third-order valence-corrected chi connectivity index (χ3v) is 4.61. The molecule has 0 amide bonds. The van der Waals surface area contributed by atoms with Gasteiger partial charge in [-0.2, -0.15) is 0 Å². The van der Waals surface area contributed by atoms with E-state index in [0.717, 1.165) is 26.2 Å². The van der Waals surface area contributed by atoms with Gasteiger partial charge in [-0.05, 0) is 51.2 Å². The number of aryl methyl sites for hydroxylation is 1. The summed E-state index contributed by atoms with van der Waals surface area (Å²) in [6, 6.07) is 4.21. The minimum absolute atomic E-state index is 0.335. The zero-order valence-corrected chi connectivity index (χ0v) is 17.3. The molecule has 0 radical (unpaired) electrons. The summed E-state index contributed by atoms with van der Waals surface area (Å²) in [5.41, 5.74) is 1.38. The van der Waals surface area contributed by atoms with Crippen molar-refractivity contribution in [1.82, 2.24) is 4.98 Å². The zero-order valence-electron chi connectivity index (χ0n) is 17.3. The number of aromatic nitrogens is 1. The molecule has 3 nitrogen and oxygen atoms in total. The Hall–Kier alpha value is -0.930. The van der Waals surface area contributed by atoms with E-state index in [4.69, 9.17) is 9.47 Å². The summed E-state index contributed by atoms with van der Waals surface area (Å²) in [6.07, 6.45) is 19.9. The van der Waals surface area contributed by atoms with E-state index < -0.39 is 0 Å². The Balaban J connectivity index is 1.70. The van der Waals surface area contributed by atoms with Gasteiger partial charge in [0.2, 0.25) is 0 Å². The van der Waals surface area contributed by atoms with Crippen molar-refractivity contribution >= 4 is 0 Å². The second kappa shape index (κ2) is 17.5. The van der Waals surface area contributed by atoms with E-state index in [0.29, 0.717) is 6.10 Å². The van der Waals surface area contributed by atoms with Crippen molar-refractivity contribution < 1.29 is 9.47 Å². The Bertz CT molecular complexity index is 394. The van der Waals surface area contributed by atoms with Gasteiger partial charge in [0.25, 0.3) is 0 Å². The molecule has 0 aromatic carbocycles. The van der Waals surface area contributed by atoms with Crippen molar-refractivity contribution in [3.8, 4) is 0 Å². The quantitative estimate of drug-likeness (QED) is 0.284. The van der Waals surface area contributed by atoms with Crippen LogP contribution in [0.1, 0.15) is 90.0 Å². The first-order valence-corrected chi connectivity index (χ1v) is 10.9. The van der Waals surface area contributed by atoms with E-state index in [-0.39, 0.29) is 0 Å². The topological polar surface area (TPSA) is 31.4 Å². The molecule has 1 aromatic heterocycles. The van der Waals surface area contributed by atoms with Crippen LogP contribution in [0, 0.1) is 0 Å². The summed E-state index contributed by atoms with van der Waals surface area (Å²) >= 11 is 0. The van der Waals surface area contributed by atoms with Crippen LogP contribution in [0.5, 0.6) is 0 Å². The number of hydrogen-bond acceptors (Lipinski definition) is 3. The number of hydrogen-bond donors (Lipinski definition) is 0. The maximum absolute atomic E-state index is 5.65. The highest BCUT2D eigenvalue weighted by molar-refractivity contribution is 5.08. The van der Waals surface area contributed by atoms with Crippen molar-refractivity contribution in [3.05, 3.63) is 30.1 Å². The second-order valence-electron chi connectivity index (χ2n) is 7.53. The van der Waals surface area contributed by atoms with E-state index in [1.54, 1.807) is 0 Å². The fourth-order valence-corrected chi connectivity index (χ4v) is 3.08. The minimum Gasteiger partial charge on any atom is -0.381 e. The molecule has 0 atom stereocenters. The fourth-order valence-electron chi connectivity index (χ4n) is 3.08. The van der Waals surface area contributed by atoms with Crippen LogP contribution in [0.15, 0.2) is 24.5 Å². The van der Waals surface area contributed by atoms with Crippen LogP contribution in [0.4, 0.5) is 0 Å². The minimum atomic E-state index is 0.335. The summed E-state index contributed by atoms with van der Waals surface area (Å²) in [6.45, 7) is 6.73. The third-order valence-electron chi connectivity index (χ3n) is 4.61. The molecule has 0 unspecified atom stereocenters. The Kier molecular flexibility index (Phi) is 15.5. The SMILES string of the molecule is CC(C)OCCCOCCCCCCCCCCCCc1cccnc1. The standard InChI is InChI=1S/C23H41NO2/c1-22(2)26-20-14-19-25-18-12-10-8-6-4-3-5-7-9-11-15-23-16-13-17-24-21-23/h13,16-17,21-22H,3-12,14-15,18-20H2,1-2H3. The molecule has 0 spiro atoms. The molecule has 0 N–H and O–H groups in total. The highest BCUT2D eigenvalue weighted by atomic mass is 16.5. The lowest BCUT2D eigenvalue weighted by Gasteiger charge is -2.07. The first kappa shape index (κ1) is 23.1. The van der Waals surface area contributed by atoms with E-state index in [1.807, 2.05) is 18.5 Å². The molecule has 0 aliphatic carbocycles. The van der Waals surface area contributed by atoms with Gasteiger partial charge in [0.1, 0.15) is 0 Å². The van der Waals surface area contributed by atoms with Crippen molar-refractivity contribution in [3.63, 3.8) is 0 Å². The predicted octanol–water partition coefficient (Wildman–Crippen LogP) is 6.36. The second-order valence-corrected chi connectivity index (χ2v) is 7.53. The Morgan fingerprint density at radius 1 is 0.769 bits per heavy atom. The van der Waals surface area contributed by atoms with Crippen molar-refractivity contribution in [2.24, 2.45) is 0 Å². The molecule has 0 bridgehead atoms. The van der Waals surface area contributed by atoms with Gasteiger partial charge in [0.05, 0.1) is 6.10 Å². The van der Waals surface area contributed by atoms with Crippen LogP contribution in [-0.2, 0) is 15.9 Å². The fraction of sp³-hybridized carbons (Fsp3) is 0.783. The normalized spacial score (nSPS) is 11.3. The third kappa shape index (κ3) is 15.3. The van der Waals surface area contributed by atoms with Gasteiger partial charge in [-0.25, -0.2) is 0 Å². The van der Waals surface area contributed by atoms with Gasteiger partial charge < -0.3 is 9.47 Å². The Morgan fingerprint density at radius 2 is 1.38 bits per heavy atom. The van der Waals surface area contributed by atoms with Gasteiger partial charge in [-0.15, -0.1) is 0 Å². The average Bonchev–Trinajstić information content (AvgIpc) is 2.65. The molecular formula is C23H41NO2. The lowest BCUT2D eigenvalue weighted by Crippen LogP contribution is -2.07. The molecule has 3 heteroatoms. The summed E-state index contributed by atoms with van der Waals surface area (Å²) < 4.78 is 11.1. The van der Waals surface area contributed by atoms with Gasteiger partial charge in [0.15, 0.2) is 0 Å². The maximum Gasteiger partial charge on any atom is 0.0518 e. The van der Waals surface area contributed by atoms with E-state index in [9.17, 15) is 0 Å². The summed E-state index contributed by atoms with van der Waals surface area (Å²) in [5.74, 6) is 0. The monoisotopic (exact) mass is 363 g/mol. The van der Waals surface area contributed by atoms with Crippen LogP contribution in [0.25, 0.3) is 0 Å². The summed E-state index contributed by atoms with van der Waals surface area (Å²) in [5, 5.41) is 0. The van der Waals surface area contributed by atoms with Crippen LogP contribution in [-0.4, -0.2) is 30.9 Å². The Morgan fingerprint density at radius 3 is 2.00 bits per heavy atom. The summed E-state index contributed by atoms with van der Waals surface area (Å²) in [4.78, 5) is 4.17. The predicted molar refractivity (Wildman–Crippen MR) is 111 cm³/mol. The van der Waals surface area contributed by atoms with Gasteiger partial charge in [-0.1, -0.05) is 57.4 Å². The molecule has 0 aliphatic heterocycles. The number of pyridine rings is 1. The first-order chi connectivity index (χ1) is 12.8. The molecule has 26 heavy (non-hydrogen) atoms. The molecule has 0 fully saturated rings. The largest absolute Gasteiger partial charge is 0.381 e. The zero-order chi connectivity index (χ0) is 18.7. The van der Waals surface area contributed by atoms with Gasteiger partial charge in [-0.3, -0.25) is 4.98 Å². The van der Waals surface area contributed by atoms with E-state index in [1.165, 1.54) is 76.2 Å². The lowest BCUT2D eigenvalue weighted by atomic mass is 10.0. The van der Waals surface area contributed by atoms with Gasteiger partial charge >= 0.3 is 0 Å². The van der Waals surface area contributed by atoms with Crippen LogP contribution in [0.2, 0.25) is 0 Å². The first-order valence-electron chi connectivity index (χ1n) is 10.9. The molecule has 0 aliphatic rings. The molecule has 1 rings (SSSR count). The highest BCUT2D eigenvalue weighted by Gasteiger charge is 1.96. The maximum atomic E-state index is 5.65. The number of unbranched alkanes of at least 4 members (excludes halogenated alkanes) is 9. The molecule has 0 saturated carbocycles. The van der Waals surface area contributed by atoms with E-state index in [2.05, 4.69) is 24.9 Å². The molecule has 0 saturated heterocycles. The van der Waals surface area contributed by atoms with Crippen molar-refractivity contribution in [1.29, 1.82) is 0 Å². The molecular weight excluding hydrogens is 322 g/mol. The van der Waals surface area contributed by atoms with Crippen molar-refractivity contribution in [2.45, 2.75) is 97.0 Å². The number of rotatable bonds is 18. The molecule has 1 aromatic rings. The van der Waals surface area contributed by atoms with E-state index >= 15 is 0 Å². The lowest BCUT2D eigenvalue weighted by molar-refractivity contribution is 0.0507. The number of ether oxygens (including phenoxy) is 2. The van der Waals surface area contributed by atoms with Crippen LogP contribution >= 0.6 is 0 Å². The van der Waals surface area contributed by atoms with Crippen LogP contribution < -0.4 is 0 Å².